The first kappa shape index (κ1) is 9.24. The zero-order valence-electron chi connectivity index (χ0n) is 10.1. The third-order valence-electron chi connectivity index (χ3n) is 5.92. The van der Waals surface area contributed by atoms with Gasteiger partial charge in [0.15, 0.2) is 0 Å². The molecule has 0 N–H and O–H groups in total. The van der Waals surface area contributed by atoms with Crippen molar-refractivity contribution in [3.8, 4) is 0 Å². The van der Waals surface area contributed by atoms with E-state index in [1.807, 2.05) is 0 Å². The van der Waals surface area contributed by atoms with Crippen LogP contribution in [0.5, 0.6) is 0 Å². The summed E-state index contributed by atoms with van der Waals surface area (Å²) in [5, 5.41) is 0. The second-order valence-corrected chi connectivity index (χ2v) is 6.70. The van der Waals surface area contributed by atoms with E-state index in [1.54, 1.807) is 12.8 Å². The molecule has 0 aromatic heterocycles. The van der Waals surface area contributed by atoms with Crippen LogP contribution in [-0.4, -0.2) is 0 Å². The highest BCUT2D eigenvalue weighted by atomic mass is 14.8. The molecule has 0 bridgehead atoms. The van der Waals surface area contributed by atoms with E-state index in [4.69, 9.17) is 0 Å². The smallest absolute Gasteiger partial charge is 0.0201 e. The molecule has 80 valence electrons. The second-order valence-electron chi connectivity index (χ2n) is 6.70. The molecule has 0 heterocycles. The van der Waals surface area contributed by atoms with Gasteiger partial charge in [-0.3, -0.25) is 0 Å². The molecule has 0 nitrogen and oxygen atoms in total. The summed E-state index contributed by atoms with van der Waals surface area (Å²) >= 11 is 0. The van der Waals surface area contributed by atoms with E-state index in [-0.39, 0.29) is 0 Å². The van der Waals surface area contributed by atoms with Crippen LogP contribution < -0.4 is 0 Å². The van der Waals surface area contributed by atoms with Crippen LogP contribution in [0.15, 0.2) is 0 Å². The topological polar surface area (TPSA) is 0 Å². The van der Waals surface area contributed by atoms with Crippen LogP contribution in [0.3, 0.4) is 0 Å². The highest BCUT2D eigenvalue weighted by Gasteiger charge is 2.77. The van der Waals surface area contributed by atoms with Gasteiger partial charge in [0, 0.05) is 0 Å². The van der Waals surface area contributed by atoms with Gasteiger partial charge in [-0.25, -0.2) is 0 Å². The van der Waals surface area contributed by atoms with Crippen LogP contribution in [0.1, 0.15) is 47.0 Å². The van der Waals surface area contributed by atoms with Crippen molar-refractivity contribution in [2.45, 2.75) is 47.0 Å². The van der Waals surface area contributed by atoms with Gasteiger partial charge in [0.2, 0.25) is 0 Å². The lowest BCUT2D eigenvalue weighted by Crippen LogP contribution is -2.25. The zero-order chi connectivity index (χ0) is 10.1. The lowest BCUT2D eigenvalue weighted by molar-refractivity contribution is 0.155. The molecule has 0 heteroatoms. The van der Waals surface area contributed by atoms with Crippen LogP contribution in [0.25, 0.3) is 0 Å². The molecule has 1 spiro atoms. The van der Waals surface area contributed by atoms with Gasteiger partial charge in [0.1, 0.15) is 0 Å². The quantitative estimate of drug-likeness (QED) is 0.621. The minimum absolute atomic E-state index is 0.869. The normalized spacial score (nSPS) is 60.2. The molecule has 14 heavy (non-hydrogen) atoms. The number of hydrogen-bond acceptors (Lipinski definition) is 0. The summed E-state index contributed by atoms with van der Waals surface area (Å²) < 4.78 is 0. The molecule has 0 aliphatic heterocycles. The van der Waals surface area contributed by atoms with Crippen LogP contribution in [0.4, 0.5) is 0 Å². The fraction of sp³-hybridized carbons (Fsp3) is 1.00. The Balaban J connectivity index is 1.68. The van der Waals surface area contributed by atoms with Crippen LogP contribution >= 0.6 is 0 Å². The summed E-state index contributed by atoms with van der Waals surface area (Å²) in [4.78, 5) is 0. The SMILES string of the molecule is CC(C)C1C(C)C12CC2C1CCC1C. The van der Waals surface area contributed by atoms with Crippen molar-refractivity contribution in [3.05, 3.63) is 0 Å². The molecular formula is C14H24. The lowest BCUT2D eigenvalue weighted by Gasteiger charge is -2.34. The molecule has 0 amide bonds. The minimum atomic E-state index is 0.869. The Kier molecular flexibility index (Phi) is 1.70. The molecule has 6 unspecified atom stereocenters. The summed E-state index contributed by atoms with van der Waals surface area (Å²) in [5.74, 6) is 6.40. The Hall–Kier alpha value is 0. The van der Waals surface area contributed by atoms with E-state index in [9.17, 15) is 0 Å². The van der Waals surface area contributed by atoms with Crippen molar-refractivity contribution in [1.29, 1.82) is 0 Å². The Morgan fingerprint density at radius 3 is 2.21 bits per heavy atom. The minimum Gasteiger partial charge on any atom is -0.0625 e. The molecule has 0 radical (unpaired) electrons. The maximum atomic E-state index is 2.51. The largest absolute Gasteiger partial charge is 0.0625 e. The molecule has 3 rings (SSSR count). The van der Waals surface area contributed by atoms with Crippen molar-refractivity contribution >= 4 is 0 Å². The maximum absolute atomic E-state index is 2.51. The molecular weight excluding hydrogens is 168 g/mol. The molecule has 3 saturated carbocycles. The van der Waals surface area contributed by atoms with E-state index in [0.29, 0.717) is 0 Å². The first-order valence-corrected chi connectivity index (χ1v) is 6.59. The summed E-state index contributed by atoms with van der Waals surface area (Å²) in [5.41, 5.74) is 0.869. The van der Waals surface area contributed by atoms with Crippen LogP contribution in [0.2, 0.25) is 0 Å². The fourth-order valence-corrected chi connectivity index (χ4v) is 4.96. The van der Waals surface area contributed by atoms with E-state index >= 15 is 0 Å². The molecule has 0 aromatic carbocycles. The lowest BCUT2D eigenvalue weighted by atomic mass is 9.71. The van der Waals surface area contributed by atoms with Gasteiger partial charge in [-0.1, -0.05) is 34.1 Å². The predicted molar refractivity (Wildman–Crippen MR) is 59.9 cm³/mol. The molecule has 0 aromatic rings. The van der Waals surface area contributed by atoms with Crippen LogP contribution in [0, 0.1) is 40.9 Å². The predicted octanol–water partition coefficient (Wildman–Crippen LogP) is 3.96. The fourth-order valence-electron chi connectivity index (χ4n) is 4.96. The van der Waals surface area contributed by atoms with Crippen molar-refractivity contribution in [1.82, 2.24) is 0 Å². The van der Waals surface area contributed by atoms with Crippen molar-refractivity contribution in [3.63, 3.8) is 0 Å². The highest BCUT2D eigenvalue weighted by molar-refractivity contribution is 5.25. The highest BCUT2D eigenvalue weighted by Crippen LogP contribution is 2.83. The van der Waals surface area contributed by atoms with Gasteiger partial charge in [-0.15, -0.1) is 0 Å². The van der Waals surface area contributed by atoms with E-state index in [1.165, 1.54) is 6.42 Å². The standard InChI is InChI=1S/C14H24/c1-8(2)13-10(4)14(13)7-12(14)11-6-5-9(11)3/h8-13H,5-7H2,1-4H3. The summed E-state index contributed by atoms with van der Waals surface area (Å²) in [6, 6.07) is 0. The Morgan fingerprint density at radius 2 is 1.86 bits per heavy atom. The maximum Gasteiger partial charge on any atom is -0.0201 e. The second kappa shape index (κ2) is 2.57. The molecule has 0 saturated heterocycles. The van der Waals surface area contributed by atoms with Gasteiger partial charge in [0.05, 0.1) is 0 Å². The monoisotopic (exact) mass is 192 g/mol. The zero-order valence-corrected chi connectivity index (χ0v) is 10.1. The van der Waals surface area contributed by atoms with Crippen molar-refractivity contribution in [2.75, 3.05) is 0 Å². The average Bonchev–Trinajstić information content (AvgIpc) is 2.91. The van der Waals surface area contributed by atoms with Crippen LogP contribution in [-0.2, 0) is 0 Å². The number of hydrogen-bond donors (Lipinski definition) is 0. The first-order chi connectivity index (χ1) is 6.59. The summed E-state index contributed by atoms with van der Waals surface area (Å²) in [7, 11) is 0. The van der Waals surface area contributed by atoms with Gasteiger partial charge in [-0.05, 0) is 53.8 Å². The molecule has 3 aliphatic carbocycles. The average molecular weight is 192 g/mol. The van der Waals surface area contributed by atoms with E-state index < -0.39 is 0 Å². The van der Waals surface area contributed by atoms with Gasteiger partial charge in [0.25, 0.3) is 0 Å². The summed E-state index contributed by atoms with van der Waals surface area (Å²) in [6.07, 6.45) is 4.65. The Labute approximate surface area is 88.5 Å². The number of rotatable bonds is 2. The van der Waals surface area contributed by atoms with Gasteiger partial charge >= 0.3 is 0 Å². The third-order valence-corrected chi connectivity index (χ3v) is 5.92. The van der Waals surface area contributed by atoms with Gasteiger partial charge in [-0.2, -0.15) is 0 Å². The molecule has 6 atom stereocenters. The summed E-state index contributed by atoms with van der Waals surface area (Å²) in [6.45, 7) is 9.83. The Bertz CT molecular complexity index is 255. The molecule has 3 fully saturated rings. The van der Waals surface area contributed by atoms with Crippen molar-refractivity contribution < 1.29 is 0 Å². The third kappa shape index (κ3) is 0.907. The van der Waals surface area contributed by atoms with Crippen molar-refractivity contribution in [2.24, 2.45) is 40.9 Å². The van der Waals surface area contributed by atoms with E-state index in [2.05, 4.69) is 27.7 Å². The van der Waals surface area contributed by atoms with Gasteiger partial charge < -0.3 is 0 Å². The Morgan fingerprint density at radius 1 is 1.14 bits per heavy atom. The first-order valence-electron chi connectivity index (χ1n) is 6.59. The van der Waals surface area contributed by atoms with E-state index in [0.717, 1.165) is 40.9 Å². The molecule has 3 aliphatic rings.